The molecule has 1 N–H and O–H groups in total. The Morgan fingerprint density at radius 1 is 0.909 bits per heavy atom. The highest BCUT2D eigenvalue weighted by Crippen LogP contribution is 2.37. The van der Waals surface area contributed by atoms with Gasteiger partial charge in [0, 0.05) is 47.4 Å². The third-order valence-corrected chi connectivity index (χ3v) is 7.01. The molecule has 0 aromatic rings. The van der Waals surface area contributed by atoms with Crippen LogP contribution in [0.15, 0.2) is 23.8 Å². The van der Waals surface area contributed by atoms with Crippen molar-refractivity contribution in [3.8, 4) is 0 Å². The van der Waals surface area contributed by atoms with E-state index in [0.717, 1.165) is 12.0 Å². The van der Waals surface area contributed by atoms with Gasteiger partial charge < -0.3 is 38.3 Å². The molecule has 2 aliphatic rings. The molecule has 2 fully saturated rings. The number of epoxide rings is 1. The van der Waals surface area contributed by atoms with Gasteiger partial charge in [-0.15, -0.1) is 0 Å². The minimum absolute atomic E-state index is 0.0295. The fraction of sp³-hybridized carbons (Fsp3) is 0.840. The molecule has 0 aliphatic carbocycles. The summed E-state index contributed by atoms with van der Waals surface area (Å²) in [6.45, 7) is 8.18. The molecule has 8 nitrogen and oxygen atoms in total. The summed E-state index contributed by atoms with van der Waals surface area (Å²) in [7, 11) is 8.17. The maximum Gasteiger partial charge on any atom is 0.186 e. The second-order valence-corrected chi connectivity index (χ2v) is 9.01. The van der Waals surface area contributed by atoms with Crippen LogP contribution in [0.3, 0.4) is 0 Å². The van der Waals surface area contributed by atoms with Crippen LogP contribution < -0.4 is 0 Å². The molecule has 0 bridgehead atoms. The van der Waals surface area contributed by atoms with E-state index in [2.05, 4.69) is 13.8 Å². The third kappa shape index (κ3) is 6.64. The van der Waals surface area contributed by atoms with Gasteiger partial charge in [0.15, 0.2) is 6.29 Å². The van der Waals surface area contributed by atoms with E-state index in [1.807, 2.05) is 32.1 Å². The van der Waals surface area contributed by atoms with Crippen LogP contribution in [0.1, 0.15) is 34.1 Å². The molecule has 11 atom stereocenters. The predicted molar refractivity (Wildman–Crippen MR) is 125 cm³/mol. The topological polar surface area (TPSA) is 88.1 Å². The lowest BCUT2D eigenvalue weighted by Crippen LogP contribution is -2.60. The summed E-state index contributed by atoms with van der Waals surface area (Å²) in [5.74, 6) is 0.173. The van der Waals surface area contributed by atoms with Gasteiger partial charge in [-0.1, -0.05) is 39.0 Å². The van der Waals surface area contributed by atoms with Crippen LogP contribution in [0.25, 0.3) is 0 Å². The Bertz CT molecular complexity index is 634. The molecule has 0 amide bonds. The number of methoxy groups -OCH3 is 5. The Morgan fingerprint density at radius 3 is 2.06 bits per heavy atom. The summed E-state index contributed by atoms with van der Waals surface area (Å²) < 4.78 is 39.9. The van der Waals surface area contributed by atoms with Crippen molar-refractivity contribution in [1.82, 2.24) is 0 Å². The molecule has 0 unspecified atom stereocenters. The summed E-state index contributed by atoms with van der Waals surface area (Å²) in [5.41, 5.74) is 0.957. The van der Waals surface area contributed by atoms with E-state index >= 15 is 0 Å². The van der Waals surface area contributed by atoms with Crippen LogP contribution in [-0.2, 0) is 33.2 Å². The molecular formula is C25H44O8. The molecule has 0 saturated carbocycles. The van der Waals surface area contributed by atoms with Crippen LogP contribution in [-0.4, -0.2) is 95.8 Å². The Kier molecular flexibility index (Phi) is 11.4. The highest BCUT2D eigenvalue weighted by Gasteiger charge is 2.50. The first-order valence-electron chi connectivity index (χ1n) is 11.8. The number of rotatable bonds is 13. The van der Waals surface area contributed by atoms with E-state index in [1.165, 1.54) is 0 Å². The largest absolute Gasteiger partial charge is 0.390 e. The highest BCUT2D eigenvalue weighted by atomic mass is 16.7. The van der Waals surface area contributed by atoms with Crippen molar-refractivity contribution in [2.24, 2.45) is 11.8 Å². The summed E-state index contributed by atoms with van der Waals surface area (Å²) in [6, 6.07) is 0. The van der Waals surface area contributed by atoms with E-state index in [9.17, 15) is 5.11 Å². The number of aliphatic hydroxyl groups is 1. The Balaban J connectivity index is 2.02. The first kappa shape index (κ1) is 28.4. The van der Waals surface area contributed by atoms with Gasteiger partial charge in [-0.05, 0) is 18.9 Å². The smallest absolute Gasteiger partial charge is 0.186 e. The molecule has 0 aromatic carbocycles. The zero-order valence-electron chi connectivity index (χ0n) is 21.6. The van der Waals surface area contributed by atoms with Crippen LogP contribution in [0.4, 0.5) is 0 Å². The maximum atomic E-state index is 10.8. The van der Waals surface area contributed by atoms with Crippen molar-refractivity contribution >= 4 is 0 Å². The summed E-state index contributed by atoms with van der Waals surface area (Å²) in [5, 5.41) is 10.8. The van der Waals surface area contributed by atoms with E-state index in [4.69, 9.17) is 33.2 Å². The van der Waals surface area contributed by atoms with Gasteiger partial charge >= 0.3 is 0 Å². The van der Waals surface area contributed by atoms with Gasteiger partial charge in [-0.3, -0.25) is 0 Å². The second kappa shape index (κ2) is 13.3. The number of aliphatic hydroxyl groups excluding tert-OH is 1. The van der Waals surface area contributed by atoms with Gasteiger partial charge in [-0.25, -0.2) is 0 Å². The van der Waals surface area contributed by atoms with Crippen molar-refractivity contribution < 1.29 is 38.3 Å². The van der Waals surface area contributed by atoms with Gasteiger partial charge in [0.05, 0.1) is 18.3 Å². The lowest BCUT2D eigenvalue weighted by atomic mass is 9.91. The van der Waals surface area contributed by atoms with Crippen LogP contribution in [0, 0.1) is 11.8 Å². The molecule has 2 saturated heterocycles. The van der Waals surface area contributed by atoms with Crippen molar-refractivity contribution in [3.05, 3.63) is 23.8 Å². The van der Waals surface area contributed by atoms with Crippen molar-refractivity contribution in [2.75, 3.05) is 35.5 Å². The number of hydrogen-bond donors (Lipinski definition) is 1. The third-order valence-electron chi connectivity index (χ3n) is 7.01. The molecule has 33 heavy (non-hydrogen) atoms. The summed E-state index contributed by atoms with van der Waals surface area (Å²) >= 11 is 0. The molecule has 2 rings (SSSR count). The van der Waals surface area contributed by atoms with Gasteiger partial charge in [0.2, 0.25) is 0 Å². The molecule has 2 aliphatic heterocycles. The Morgan fingerprint density at radius 2 is 1.55 bits per heavy atom. The molecule has 8 heteroatoms. The van der Waals surface area contributed by atoms with Crippen LogP contribution in [0.5, 0.6) is 0 Å². The Hall–Kier alpha value is -0.840. The van der Waals surface area contributed by atoms with Crippen LogP contribution >= 0.6 is 0 Å². The summed E-state index contributed by atoms with van der Waals surface area (Å²) in [4.78, 5) is 0. The summed E-state index contributed by atoms with van der Waals surface area (Å²) in [6.07, 6.45) is 4.20. The van der Waals surface area contributed by atoms with E-state index in [-0.39, 0.29) is 48.5 Å². The lowest BCUT2D eigenvalue weighted by molar-refractivity contribution is -0.295. The minimum atomic E-state index is -0.576. The first-order chi connectivity index (χ1) is 15.8. The number of ether oxygens (including phenoxy) is 7. The van der Waals surface area contributed by atoms with Gasteiger partial charge in [0.25, 0.3) is 0 Å². The minimum Gasteiger partial charge on any atom is -0.390 e. The lowest BCUT2D eigenvalue weighted by Gasteiger charge is -2.44. The normalized spacial score (nSPS) is 36.5. The van der Waals surface area contributed by atoms with E-state index < -0.39 is 18.5 Å². The van der Waals surface area contributed by atoms with Crippen LogP contribution in [0.2, 0.25) is 0 Å². The standard InChI is InChI=1S/C25H44O8/c1-10-17(27-5)16(4)20-21(32-20)18(26)14(2)12-11-13-15(3)19-22(28-6)23(29-7)24(30-8)25(31-9)33-19/h11-14,16-26H,10H2,1-9H3/b12-11+,15-13+/t14-,16+,17-,18-,19+,20+,21+,22+,23-,24+,25-/m0/s1. The van der Waals surface area contributed by atoms with Gasteiger partial charge in [-0.2, -0.15) is 0 Å². The number of hydrogen-bond acceptors (Lipinski definition) is 8. The first-order valence-corrected chi connectivity index (χ1v) is 11.8. The SMILES string of the molecule is CC[C@H](OC)[C@@H](C)[C@H]1O[C@@H]1[C@@H](O)[C@@H](C)/C=C/C=C(\C)[C@H]1O[C@H](OC)[C@H](OC)[C@@H](OC)[C@@H]1OC. The molecule has 192 valence electrons. The fourth-order valence-corrected chi connectivity index (χ4v) is 4.83. The molecular weight excluding hydrogens is 428 g/mol. The average Bonchev–Trinajstić information content (AvgIpc) is 3.63. The quantitative estimate of drug-likeness (QED) is 0.323. The Labute approximate surface area is 199 Å². The molecule has 0 radical (unpaired) electrons. The zero-order chi connectivity index (χ0) is 24.7. The average molecular weight is 473 g/mol. The molecule has 0 spiro atoms. The second-order valence-electron chi connectivity index (χ2n) is 9.01. The van der Waals surface area contributed by atoms with Crippen molar-refractivity contribution in [3.63, 3.8) is 0 Å². The molecule has 0 aromatic heterocycles. The van der Waals surface area contributed by atoms with E-state index in [0.29, 0.717) is 0 Å². The molecule has 2 heterocycles. The van der Waals surface area contributed by atoms with E-state index in [1.54, 1.807) is 35.5 Å². The highest BCUT2D eigenvalue weighted by molar-refractivity contribution is 5.19. The van der Waals surface area contributed by atoms with Crippen molar-refractivity contribution in [1.29, 1.82) is 0 Å². The predicted octanol–water partition coefficient (Wildman–Crippen LogP) is 2.73. The monoisotopic (exact) mass is 472 g/mol. The van der Waals surface area contributed by atoms with Crippen molar-refractivity contribution in [2.45, 2.75) is 89.2 Å². The fourth-order valence-electron chi connectivity index (χ4n) is 4.83. The maximum absolute atomic E-state index is 10.8. The van der Waals surface area contributed by atoms with Gasteiger partial charge in [0.1, 0.15) is 30.5 Å². The zero-order valence-corrected chi connectivity index (χ0v) is 21.6. The number of allylic oxidation sites excluding steroid dienone is 2.